The van der Waals surface area contributed by atoms with Gasteiger partial charge in [-0.1, -0.05) is 12.1 Å². The molecule has 1 aromatic carbocycles. The Morgan fingerprint density at radius 1 is 1.22 bits per heavy atom. The van der Waals surface area contributed by atoms with E-state index in [1.165, 1.54) is 22.5 Å². The van der Waals surface area contributed by atoms with Gasteiger partial charge in [-0.05, 0) is 47.5 Å². The first-order valence-electron chi connectivity index (χ1n) is 6.43. The van der Waals surface area contributed by atoms with Crippen LogP contribution in [0.1, 0.15) is 16.0 Å². The van der Waals surface area contributed by atoms with Gasteiger partial charge >= 0.3 is 0 Å². The molecule has 3 rings (SSSR count). The van der Waals surface area contributed by atoms with Gasteiger partial charge in [-0.25, -0.2) is 0 Å². The van der Waals surface area contributed by atoms with E-state index in [-0.39, 0.29) is 0 Å². The van der Waals surface area contributed by atoms with Crippen LogP contribution in [0.3, 0.4) is 0 Å². The van der Waals surface area contributed by atoms with Gasteiger partial charge in [-0.15, -0.1) is 11.3 Å². The van der Waals surface area contributed by atoms with Crippen molar-refractivity contribution >= 4 is 17.0 Å². The van der Waals surface area contributed by atoms with Gasteiger partial charge in [0.2, 0.25) is 0 Å². The van der Waals surface area contributed by atoms with E-state index in [1.807, 2.05) is 17.4 Å². The lowest BCUT2D eigenvalue weighted by Gasteiger charge is -2.28. The van der Waals surface area contributed by atoms with Crippen molar-refractivity contribution < 1.29 is 0 Å². The summed E-state index contributed by atoms with van der Waals surface area (Å²) in [6.45, 7) is 3.36. The van der Waals surface area contributed by atoms with Crippen LogP contribution in [0.4, 0.5) is 5.69 Å². The lowest BCUT2D eigenvalue weighted by molar-refractivity contribution is 0.258. The number of benzene rings is 1. The summed E-state index contributed by atoms with van der Waals surface area (Å²) in [5, 5.41) is 2.15. The highest BCUT2D eigenvalue weighted by Gasteiger charge is 2.15. The number of hydrogen-bond acceptors (Lipinski definition) is 3. The molecule has 94 valence electrons. The molecule has 1 aromatic heterocycles. The molecule has 0 aliphatic carbocycles. The maximum absolute atomic E-state index is 5.86. The van der Waals surface area contributed by atoms with Crippen LogP contribution >= 0.6 is 11.3 Å². The van der Waals surface area contributed by atoms with Crippen molar-refractivity contribution in [3.05, 3.63) is 51.7 Å². The van der Waals surface area contributed by atoms with E-state index >= 15 is 0 Å². The molecule has 0 radical (unpaired) electrons. The van der Waals surface area contributed by atoms with Crippen molar-refractivity contribution in [1.82, 2.24) is 4.90 Å². The van der Waals surface area contributed by atoms with Crippen molar-refractivity contribution in [2.75, 3.05) is 18.8 Å². The highest BCUT2D eigenvalue weighted by molar-refractivity contribution is 7.09. The van der Waals surface area contributed by atoms with Gasteiger partial charge < -0.3 is 5.73 Å². The Balaban J connectivity index is 1.63. The van der Waals surface area contributed by atoms with Gasteiger partial charge in [0.05, 0.1) is 0 Å². The van der Waals surface area contributed by atoms with Gasteiger partial charge in [0.1, 0.15) is 0 Å². The summed E-state index contributed by atoms with van der Waals surface area (Å²) in [7, 11) is 0. The number of nitrogens with zero attached hydrogens (tertiary/aromatic N) is 1. The predicted molar refractivity (Wildman–Crippen MR) is 77.9 cm³/mol. The second-order valence-corrected chi connectivity index (χ2v) is 5.92. The van der Waals surface area contributed by atoms with Gasteiger partial charge in [0, 0.05) is 30.2 Å². The fourth-order valence-electron chi connectivity index (χ4n) is 2.55. The Morgan fingerprint density at radius 2 is 2.17 bits per heavy atom. The minimum Gasteiger partial charge on any atom is -0.399 e. The molecule has 0 saturated heterocycles. The quantitative estimate of drug-likeness (QED) is 0.858. The molecule has 2 nitrogen and oxygen atoms in total. The van der Waals surface area contributed by atoms with Crippen LogP contribution in [0, 0.1) is 0 Å². The summed E-state index contributed by atoms with van der Waals surface area (Å²) in [4.78, 5) is 4.01. The highest BCUT2D eigenvalue weighted by Crippen LogP contribution is 2.21. The topological polar surface area (TPSA) is 29.3 Å². The van der Waals surface area contributed by atoms with E-state index in [0.29, 0.717) is 0 Å². The largest absolute Gasteiger partial charge is 0.399 e. The number of fused-ring (bicyclic) bond motifs is 1. The number of anilines is 1. The van der Waals surface area contributed by atoms with Crippen molar-refractivity contribution in [2.45, 2.75) is 19.4 Å². The van der Waals surface area contributed by atoms with Crippen molar-refractivity contribution in [3.63, 3.8) is 0 Å². The number of hydrogen-bond donors (Lipinski definition) is 1. The standard InChI is InChI=1S/C15H18N2S/c16-14-4-3-12-5-7-17(11-13(12)10-14)8-6-15-2-1-9-18-15/h1-4,9-10H,5-8,11,16H2. The zero-order valence-electron chi connectivity index (χ0n) is 10.4. The molecule has 0 atom stereocenters. The van der Waals surface area contributed by atoms with E-state index in [9.17, 15) is 0 Å². The Bertz CT molecular complexity index is 519. The zero-order valence-corrected chi connectivity index (χ0v) is 11.2. The normalized spacial score (nSPS) is 15.6. The van der Waals surface area contributed by atoms with Crippen LogP contribution in [-0.4, -0.2) is 18.0 Å². The Kier molecular flexibility index (Phi) is 3.35. The predicted octanol–water partition coefficient (Wildman–Crippen LogP) is 2.93. The molecule has 1 aliphatic rings. The van der Waals surface area contributed by atoms with Crippen LogP contribution in [0.25, 0.3) is 0 Å². The molecule has 0 bridgehead atoms. The molecule has 1 aliphatic heterocycles. The second kappa shape index (κ2) is 5.12. The molecular formula is C15H18N2S. The smallest absolute Gasteiger partial charge is 0.0317 e. The van der Waals surface area contributed by atoms with E-state index in [2.05, 4.69) is 34.5 Å². The molecule has 0 unspecified atom stereocenters. The van der Waals surface area contributed by atoms with Gasteiger partial charge in [0.25, 0.3) is 0 Å². The Hall–Kier alpha value is -1.32. The summed E-state index contributed by atoms with van der Waals surface area (Å²) < 4.78 is 0. The summed E-state index contributed by atoms with van der Waals surface area (Å²) in [6, 6.07) is 10.7. The summed E-state index contributed by atoms with van der Waals surface area (Å²) in [5.74, 6) is 0. The zero-order chi connectivity index (χ0) is 12.4. The number of nitrogens with two attached hydrogens (primary N) is 1. The van der Waals surface area contributed by atoms with Crippen molar-refractivity contribution in [2.24, 2.45) is 0 Å². The first-order valence-corrected chi connectivity index (χ1v) is 7.31. The lowest BCUT2D eigenvalue weighted by Crippen LogP contribution is -2.32. The van der Waals surface area contributed by atoms with E-state index in [1.54, 1.807) is 0 Å². The van der Waals surface area contributed by atoms with E-state index in [4.69, 9.17) is 5.73 Å². The minimum absolute atomic E-state index is 0.883. The third-order valence-electron chi connectivity index (χ3n) is 3.58. The van der Waals surface area contributed by atoms with Gasteiger partial charge in [-0.3, -0.25) is 4.90 Å². The fraction of sp³-hybridized carbons (Fsp3) is 0.333. The molecule has 2 heterocycles. The third-order valence-corrected chi connectivity index (χ3v) is 4.51. The SMILES string of the molecule is Nc1ccc2c(c1)CN(CCc1cccs1)CC2. The Labute approximate surface area is 112 Å². The maximum atomic E-state index is 5.86. The third kappa shape index (κ3) is 2.57. The molecule has 3 heteroatoms. The highest BCUT2D eigenvalue weighted by atomic mass is 32.1. The monoisotopic (exact) mass is 258 g/mol. The molecule has 2 aromatic rings. The number of nitrogen functional groups attached to an aromatic ring is 1. The van der Waals surface area contributed by atoms with Crippen molar-refractivity contribution in [3.8, 4) is 0 Å². The maximum Gasteiger partial charge on any atom is 0.0317 e. The fourth-order valence-corrected chi connectivity index (χ4v) is 3.25. The van der Waals surface area contributed by atoms with Crippen LogP contribution in [0.15, 0.2) is 35.7 Å². The van der Waals surface area contributed by atoms with E-state index in [0.717, 1.165) is 31.6 Å². The minimum atomic E-state index is 0.883. The van der Waals surface area contributed by atoms with E-state index < -0.39 is 0 Å². The first kappa shape index (κ1) is 11.8. The molecular weight excluding hydrogens is 240 g/mol. The molecule has 0 spiro atoms. The van der Waals surface area contributed by atoms with Gasteiger partial charge in [0.15, 0.2) is 0 Å². The average Bonchev–Trinajstić information content (AvgIpc) is 2.89. The van der Waals surface area contributed by atoms with Crippen molar-refractivity contribution in [1.29, 1.82) is 0 Å². The summed E-state index contributed by atoms with van der Waals surface area (Å²) in [6.07, 6.45) is 2.31. The molecule has 0 amide bonds. The molecule has 0 saturated carbocycles. The molecule has 0 fully saturated rings. The first-order chi connectivity index (χ1) is 8.81. The van der Waals surface area contributed by atoms with Crippen LogP contribution in [-0.2, 0) is 19.4 Å². The summed E-state index contributed by atoms with van der Waals surface area (Å²) >= 11 is 1.85. The van der Waals surface area contributed by atoms with Gasteiger partial charge in [-0.2, -0.15) is 0 Å². The Morgan fingerprint density at radius 3 is 3.00 bits per heavy atom. The number of rotatable bonds is 3. The molecule has 18 heavy (non-hydrogen) atoms. The average molecular weight is 258 g/mol. The summed E-state index contributed by atoms with van der Waals surface area (Å²) in [5.41, 5.74) is 9.62. The van der Waals surface area contributed by atoms with Crippen LogP contribution in [0.5, 0.6) is 0 Å². The van der Waals surface area contributed by atoms with Crippen LogP contribution < -0.4 is 5.73 Å². The second-order valence-electron chi connectivity index (χ2n) is 4.88. The number of thiophene rings is 1. The molecule has 2 N–H and O–H groups in total. The lowest BCUT2D eigenvalue weighted by atomic mass is 9.99. The van der Waals surface area contributed by atoms with Crippen LogP contribution in [0.2, 0.25) is 0 Å².